The summed E-state index contributed by atoms with van der Waals surface area (Å²) in [5.41, 5.74) is -10.2. The lowest BCUT2D eigenvalue weighted by atomic mass is 9.33. The van der Waals surface area contributed by atoms with Gasteiger partial charge >= 0.3 is 41.8 Å². The zero-order valence-electron chi connectivity index (χ0n) is 33.2. The maximum Gasteiger partial charge on any atom is 0.342 e. The minimum atomic E-state index is -2.09. The summed E-state index contributed by atoms with van der Waals surface area (Å²) >= 11 is 0. The quantitative estimate of drug-likeness (QED) is 0.169. The Morgan fingerprint density at radius 2 is 1.41 bits per heavy atom. The number of esters is 7. The molecule has 3 saturated carbocycles. The van der Waals surface area contributed by atoms with Crippen LogP contribution in [0.1, 0.15) is 68.7 Å². The predicted octanol–water partition coefficient (Wildman–Crippen LogP) is 2.23. The highest BCUT2D eigenvalue weighted by molar-refractivity contribution is 5.87. The SMILES string of the molecule is C=C1C[C@@]2(O)[C@@H]3C=C[C@@]4(C)[C@@H]5C=CC(=O)OC[C@]5(C(C)OC(C)=O)[C@@H](OC(C)=O)[C@@H](OC(C)=O)[C@@H]4[C@@]3(C)[C@H](OC(C)=O)[C@H](OC(C)=O)[C@@]2(C)[C@]2(C(=O)OC)O[C@H]12. The van der Waals surface area contributed by atoms with Crippen LogP contribution in [-0.2, 0) is 71.5 Å². The normalized spacial score (nSPS) is 44.6. The molecule has 0 aromatic rings. The molecular formula is C40H50O16. The molecule has 2 heterocycles. The zero-order chi connectivity index (χ0) is 41.7. The topological polar surface area (TPSA) is 217 Å². The smallest absolute Gasteiger partial charge is 0.342 e. The van der Waals surface area contributed by atoms with Crippen molar-refractivity contribution in [1.82, 2.24) is 0 Å². The molecule has 1 saturated heterocycles. The van der Waals surface area contributed by atoms with Crippen LogP contribution in [0.15, 0.2) is 36.5 Å². The van der Waals surface area contributed by atoms with E-state index in [0.29, 0.717) is 5.57 Å². The monoisotopic (exact) mass is 786 g/mol. The third-order valence-electron chi connectivity index (χ3n) is 13.8. The predicted molar refractivity (Wildman–Crippen MR) is 188 cm³/mol. The zero-order valence-corrected chi connectivity index (χ0v) is 33.2. The second-order valence-corrected chi connectivity index (χ2v) is 16.7. The highest BCUT2D eigenvalue weighted by Crippen LogP contribution is 2.77. The Morgan fingerprint density at radius 1 is 0.839 bits per heavy atom. The molecule has 1 unspecified atom stereocenters. The molecule has 6 aliphatic rings. The van der Waals surface area contributed by atoms with Gasteiger partial charge in [0.15, 0.2) is 12.2 Å². The first kappa shape index (κ1) is 41.1. The molecule has 0 amide bonds. The van der Waals surface area contributed by atoms with Crippen molar-refractivity contribution in [2.24, 2.45) is 39.4 Å². The first-order valence-corrected chi connectivity index (χ1v) is 18.5. The van der Waals surface area contributed by atoms with Gasteiger partial charge in [0.2, 0.25) is 5.60 Å². The van der Waals surface area contributed by atoms with E-state index in [2.05, 4.69) is 6.58 Å². The van der Waals surface area contributed by atoms with Crippen LogP contribution in [0.5, 0.6) is 0 Å². The van der Waals surface area contributed by atoms with E-state index in [0.717, 1.165) is 34.8 Å². The standard InChI is InChI=1S/C40H50O16/c1-18-16-39(48)26-14-15-35(8)25-12-13-27(46)50-17-38(25,19(2)51-20(3)41)31(53-22(5)43)28(52-21(4)42)29(35)36(26,9)32(54-23(6)44)33(55-24(7)45)37(39,10)40(30(18)56-40)34(47)49-11/h12-15,19,25-26,28-33,48H,1,16-17H2,2-11H3/t19?,25-,26+,28-,29-,30+,31-,32+,33-,35-,36-,37+,38+,39+,40-/m0/s1. The second kappa shape index (κ2) is 13.3. The van der Waals surface area contributed by atoms with Crippen molar-refractivity contribution in [3.63, 3.8) is 0 Å². The van der Waals surface area contributed by atoms with Gasteiger partial charge < -0.3 is 43.0 Å². The molecule has 15 atom stereocenters. The Kier molecular flexibility index (Phi) is 9.72. The number of methoxy groups -OCH3 is 1. The molecular weight excluding hydrogens is 736 g/mol. The number of allylic oxidation sites excluding steroid dienone is 2. The van der Waals surface area contributed by atoms with Gasteiger partial charge in [-0.25, -0.2) is 9.59 Å². The fourth-order valence-corrected chi connectivity index (χ4v) is 12.0. The van der Waals surface area contributed by atoms with E-state index in [1.165, 1.54) is 19.9 Å². The molecule has 4 fully saturated rings. The molecule has 16 nitrogen and oxygen atoms in total. The van der Waals surface area contributed by atoms with Crippen LogP contribution >= 0.6 is 0 Å². The Balaban J connectivity index is 1.75. The van der Waals surface area contributed by atoms with Crippen molar-refractivity contribution >= 4 is 41.8 Å². The van der Waals surface area contributed by atoms with Gasteiger partial charge in [0.1, 0.15) is 31.0 Å². The summed E-state index contributed by atoms with van der Waals surface area (Å²) in [7, 11) is 1.15. The highest BCUT2D eigenvalue weighted by atomic mass is 16.7. The largest absolute Gasteiger partial charge is 0.467 e. The van der Waals surface area contributed by atoms with Crippen molar-refractivity contribution in [1.29, 1.82) is 0 Å². The summed E-state index contributed by atoms with van der Waals surface area (Å²) in [6, 6.07) is 0. The number of carbonyl (C=O) groups excluding carboxylic acids is 7. The average Bonchev–Trinajstić information content (AvgIpc) is 3.87. The van der Waals surface area contributed by atoms with E-state index in [-0.39, 0.29) is 6.42 Å². The lowest BCUT2D eigenvalue weighted by Gasteiger charge is -2.73. The third-order valence-corrected chi connectivity index (χ3v) is 13.8. The van der Waals surface area contributed by atoms with Gasteiger partial charge in [-0.05, 0) is 24.8 Å². The van der Waals surface area contributed by atoms with Gasteiger partial charge in [-0.3, -0.25) is 24.0 Å². The highest BCUT2D eigenvalue weighted by Gasteiger charge is 2.90. The van der Waals surface area contributed by atoms with Crippen LogP contribution in [0, 0.1) is 39.4 Å². The molecule has 2 aliphatic heterocycles. The van der Waals surface area contributed by atoms with Crippen molar-refractivity contribution in [2.45, 2.75) is 117 Å². The van der Waals surface area contributed by atoms with Crippen molar-refractivity contribution < 1.29 is 76.6 Å². The summed E-state index contributed by atoms with van der Waals surface area (Å²) in [4.78, 5) is 92.6. The number of ether oxygens (including phenoxy) is 8. The fraction of sp³-hybridized carbons (Fsp3) is 0.675. The number of aliphatic hydroxyl groups is 1. The lowest BCUT2D eigenvalue weighted by molar-refractivity contribution is -0.334. The van der Waals surface area contributed by atoms with Gasteiger partial charge in [0.25, 0.3) is 0 Å². The van der Waals surface area contributed by atoms with Gasteiger partial charge in [-0.1, -0.05) is 38.7 Å². The molecule has 306 valence electrons. The van der Waals surface area contributed by atoms with E-state index in [9.17, 15) is 38.7 Å². The number of cyclic esters (lactones) is 1. The number of epoxide rings is 1. The van der Waals surface area contributed by atoms with Crippen molar-refractivity contribution in [3.05, 3.63) is 36.5 Å². The summed E-state index contributed by atoms with van der Waals surface area (Å²) in [6.07, 6.45) is -2.20. The van der Waals surface area contributed by atoms with Crippen molar-refractivity contribution in [3.8, 4) is 0 Å². The molecule has 56 heavy (non-hydrogen) atoms. The van der Waals surface area contributed by atoms with Crippen LogP contribution in [0.2, 0.25) is 0 Å². The first-order valence-electron chi connectivity index (χ1n) is 18.5. The van der Waals surface area contributed by atoms with Crippen LogP contribution in [-0.4, -0.2) is 108 Å². The third kappa shape index (κ3) is 5.26. The molecule has 16 heteroatoms. The molecule has 0 bridgehead atoms. The van der Waals surface area contributed by atoms with Gasteiger partial charge in [0, 0.05) is 70.3 Å². The Morgan fingerprint density at radius 3 is 1.96 bits per heavy atom. The van der Waals surface area contributed by atoms with Crippen LogP contribution in [0.4, 0.5) is 0 Å². The summed E-state index contributed by atoms with van der Waals surface area (Å²) < 4.78 is 47.7. The second-order valence-electron chi connectivity index (χ2n) is 16.7. The molecule has 0 aromatic carbocycles. The van der Waals surface area contributed by atoms with Crippen molar-refractivity contribution in [2.75, 3.05) is 13.7 Å². The molecule has 4 aliphatic carbocycles. The maximum atomic E-state index is 13.9. The maximum absolute atomic E-state index is 13.9. The minimum absolute atomic E-state index is 0.184. The van der Waals surface area contributed by atoms with Crippen LogP contribution < -0.4 is 0 Å². The molecule has 1 N–H and O–H groups in total. The minimum Gasteiger partial charge on any atom is -0.467 e. The number of rotatable bonds is 7. The Bertz CT molecular complexity index is 1850. The van der Waals surface area contributed by atoms with E-state index in [4.69, 9.17) is 37.9 Å². The summed E-state index contributed by atoms with van der Waals surface area (Å²) in [6.45, 7) is 16.0. The average molecular weight is 787 g/mol. The first-order chi connectivity index (χ1) is 25.9. The number of carbonyl (C=O) groups is 7. The van der Waals surface area contributed by atoms with Crippen LogP contribution in [0.3, 0.4) is 0 Å². The van der Waals surface area contributed by atoms with Crippen LogP contribution in [0.25, 0.3) is 0 Å². The van der Waals surface area contributed by atoms with E-state index >= 15 is 0 Å². The Hall–Kier alpha value is -4.57. The number of hydrogen-bond donors (Lipinski definition) is 1. The lowest BCUT2D eigenvalue weighted by Crippen LogP contribution is -2.83. The van der Waals surface area contributed by atoms with E-state index in [1.807, 2.05) is 0 Å². The molecule has 0 aromatic heterocycles. The molecule has 0 spiro atoms. The molecule has 0 radical (unpaired) electrons. The summed E-state index contributed by atoms with van der Waals surface area (Å²) in [5, 5.41) is 13.6. The van der Waals surface area contributed by atoms with Gasteiger partial charge in [-0.2, -0.15) is 0 Å². The Labute approximate surface area is 324 Å². The summed E-state index contributed by atoms with van der Waals surface area (Å²) in [5.74, 6) is -8.83. The number of fused-ring (bicyclic) bond motifs is 9. The number of hydrogen-bond acceptors (Lipinski definition) is 16. The fourth-order valence-electron chi connectivity index (χ4n) is 12.0. The molecule has 6 rings (SSSR count). The van der Waals surface area contributed by atoms with Gasteiger partial charge in [-0.15, -0.1) is 0 Å². The van der Waals surface area contributed by atoms with E-state index < -0.39 is 136 Å². The van der Waals surface area contributed by atoms with E-state index in [1.54, 1.807) is 39.0 Å². The van der Waals surface area contributed by atoms with Gasteiger partial charge in [0.05, 0.1) is 23.5 Å².